The molecule has 0 bridgehead atoms. The lowest BCUT2D eigenvalue weighted by Crippen LogP contribution is -2.38. The Morgan fingerprint density at radius 3 is 2.22 bits per heavy atom. The number of sulfonamides is 1. The first-order chi connectivity index (χ1) is 17.4. The van der Waals surface area contributed by atoms with E-state index >= 15 is 0 Å². The first kappa shape index (κ1) is 25.3. The van der Waals surface area contributed by atoms with Crippen molar-refractivity contribution in [3.8, 4) is 11.5 Å². The Hall–Kier alpha value is -3.81. The molecule has 36 heavy (non-hydrogen) atoms. The zero-order chi connectivity index (χ0) is 25.5. The molecule has 0 radical (unpaired) electrons. The highest BCUT2D eigenvalue weighted by atomic mass is 35.5. The van der Waals surface area contributed by atoms with E-state index in [-0.39, 0.29) is 4.90 Å². The van der Waals surface area contributed by atoms with Gasteiger partial charge in [-0.25, -0.2) is 8.42 Å². The number of halogens is 1. The zero-order valence-corrected chi connectivity index (χ0v) is 21.2. The Kier molecular flexibility index (Phi) is 7.93. The Morgan fingerprint density at radius 2 is 1.53 bits per heavy atom. The van der Waals surface area contributed by atoms with Crippen LogP contribution in [0, 0.1) is 0 Å². The highest BCUT2D eigenvalue weighted by Gasteiger charge is 2.28. The number of carbonyl (C=O) groups excluding carboxylic acids is 1. The Balaban J connectivity index is 1.67. The van der Waals surface area contributed by atoms with Crippen LogP contribution in [0.5, 0.6) is 11.5 Å². The number of aryl methyl sites for hydroxylation is 1. The number of amides is 1. The van der Waals surface area contributed by atoms with Crippen LogP contribution in [0.2, 0.25) is 5.02 Å². The molecule has 8 heteroatoms. The lowest BCUT2D eigenvalue weighted by molar-refractivity contribution is -0.114. The van der Waals surface area contributed by atoms with Crippen molar-refractivity contribution in [1.29, 1.82) is 0 Å². The van der Waals surface area contributed by atoms with Crippen LogP contribution in [-0.4, -0.2) is 20.9 Å². The van der Waals surface area contributed by atoms with Crippen LogP contribution in [-0.2, 0) is 21.2 Å². The number of nitrogens with zero attached hydrogens (tertiary/aromatic N) is 1. The van der Waals surface area contributed by atoms with Gasteiger partial charge in [0.1, 0.15) is 12.3 Å². The molecule has 0 spiro atoms. The predicted molar refractivity (Wildman–Crippen MR) is 143 cm³/mol. The summed E-state index contributed by atoms with van der Waals surface area (Å²) < 4.78 is 34.4. The van der Waals surface area contributed by atoms with Crippen LogP contribution in [0.4, 0.5) is 11.4 Å². The van der Waals surface area contributed by atoms with Crippen molar-refractivity contribution in [3.63, 3.8) is 0 Å². The number of ether oxygens (including phenoxy) is 1. The summed E-state index contributed by atoms with van der Waals surface area (Å²) in [7, 11) is -4.03. The molecule has 0 aromatic heterocycles. The minimum Gasteiger partial charge on any atom is -0.455 e. The van der Waals surface area contributed by atoms with Gasteiger partial charge in [-0.05, 0) is 60.5 Å². The van der Waals surface area contributed by atoms with E-state index in [4.69, 9.17) is 16.3 Å². The number of para-hydroxylation sites is 2. The molecule has 0 unspecified atom stereocenters. The van der Waals surface area contributed by atoms with E-state index in [1.165, 1.54) is 12.1 Å². The van der Waals surface area contributed by atoms with Crippen LogP contribution in [0.25, 0.3) is 0 Å². The van der Waals surface area contributed by atoms with Gasteiger partial charge < -0.3 is 10.1 Å². The van der Waals surface area contributed by atoms with E-state index in [0.717, 1.165) is 9.87 Å². The maximum Gasteiger partial charge on any atom is 0.264 e. The Labute approximate surface area is 216 Å². The summed E-state index contributed by atoms with van der Waals surface area (Å²) in [4.78, 5) is 13.4. The third-order valence-electron chi connectivity index (χ3n) is 5.45. The molecule has 0 fully saturated rings. The van der Waals surface area contributed by atoms with Gasteiger partial charge in [0.25, 0.3) is 10.0 Å². The van der Waals surface area contributed by atoms with E-state index in [2.05, 4.69) is 5.32 Å². The molecule has 0 aliphatic carbocycles. The van der Waals surface area contributed by atoms with E-state index in [1.807, 2.05) is 37.3 Å². The monoisotopic (exact) mass is 520 g/mol. The van der Waals surface area contributed by atoms with Gasteiger partial charge in [-0.15, -0.1) is 0 Å². The maximum atomic E-state index is 13.7. The summed E-state index contributed by atoms with van der Waals surface area (Å²) in [5, 5.41) is 3.18. The molecule has 0 atom stereocenters. The topological polar surface area (TPSA) is 75.7 Å². The van der Waals surface area contributed by atoms with Gasteiger partial charge in [-0.2, -0.15) is 0 Å². The summed E-state index contributed by atoms with van der Waals surface area (Å²) >= 11 is 6.18. The highest BCUT2D eigenvalue weighted by Crippen LogP contribution is 2.33. The number of hydrogen-bond acceptors (Lipinski definition) is 4. The zero-order valence-electron chi connectivity index (χ0n) is 19.6. The van der Waals surface area contributed by atoms with Gasteiger partial charge in [0.15, 0.2) is 5.75 Å². The quantitative estimate of drug-likeness (QED) is 0.272. The first-order valence-corrected chi connectivity index (χ1v) is 13.2. The van der Waals surface area contributed by atoms with Crippen molar-refractivity contribution in [1.82, 2.24) is 0 Å². The molecule has 0 heterocycles. The van der Waals surface area contributed by atoms with Gasteiger partial charge >= 0.3 is 0 Å². The Bertz CT molecular complexity index is 1450. The van der Waals surface area contributed by atoms with Gasteiger partial charge in [-0.1, -0.05) is 73.1 Å². The number of benzene rings is 4. The van der Waals surface area contributed by atoms with Crippen molar-refractivity contribution < 1.29 is 17.9 Å². The fourth-order valence-electron chi connectivity index (χ4n) is 3.70. The van der Waals surface area contributed by atoms with Crippen molar-refractivity contribution in [2.75, 3.05) is 16.2 Å². The minimum absolute atomic E-state index is 0.0968. The van der Waals surface area contributed by atoms with E-state index in [1.54, 1.807) is 60.7 Å². The van der Waals surface area contributed by atoms with Gasteiger partial charge in [0.2, 0.25) is 5.91 Å². The van der Waals surface area contributed by atoms with Crippen LogP contribution in [0.15, 0.2) is 108 Å². The fraction of sp³-hybridized carbons (Fsp3) is 0.107. The third kappa shape index (κ3) is 5.87. The maximum absolute atomic E-state index is 13.7. The van der Waals surface area contributed by atoms with Gasteiger partial charge in [-0.3, -0.25) is 9.10 Å². The summed E-state index contributed by atoms with van der Waals surface area (Å²) in [6, 6.07) is 29.2. The van der Waals surface area contributed by atoms with Crippen LogP contribution in [0.1, 0.15) is 12.5 Å². The number of hydrogen-bond donors (Lipinski definition) is 1. The van der Waals surface area contributed by atoms with Crippen LogP contribution >= 0.6 is 11.6 Å². The molecule has 0 aliphatic heterocycles. The van der Waals surface area contributed by atoms with Crippen molar-refractivity contribution >= 4 is 38.9 Å². The summed E-state index contributed by atoms with van der Waals surface area (Å²) in [6.45, 7) is 1.50. The van der Waals surface area contributed by atoms with Crippen molar-refractivity contribution in [3.05, 3.63) is 114 Å². The molecule has 0 saturated heterocycles. The standard InChI is InChI=1S/C28H25ClN2O4S/c1-2-21-11-9-10-16-26(21)31(36(33,34)24-14-7-4-8-15-24)20-28(32)30-25-19-22(29)17-18-27(25)35-23-12-5-3-6-13-23/h3-19H,2,20H2,1H3,(H,30,32). The summed E-state index contributed by atoms with van der Waals surface area (Å²) in [5.74, 6) is 0.423. The van der Waals surface area contributed by atoms with Crippen molar-refractivity contribution in [2.24, 2.45) is 0 Å². The number of carbonyl (C=O) groups is 1. The van der Waals surface area contributed by atoms with Gasteiger partial charge in [0.05, 0.1) is 16.3 Å². The fourth-order valence-corrected chi connectivity index (χ4v) is 5.35. The molecule has 184 valence electrons. The molecule has 0 aliphatic rings. The van der Waals surface area contributed by atoms with E-state index in [0.29, 0.717) is 34.3 Å². The summed E-state index contributed by atoms with van der Waals surface area (Å²) in [6.07, 6.45) is 0.599. The molecule has 4 rings (SSSR count). The second-order valence-corrected chi connectivity index (χ2v) is 10.2. The molecule has 1 N–H and O–H groups in total. The number of nitrogens with one attached hydrogen (secondary N) is 1. The lowest BCUT2D eigenvalue weighted by Gasteiger charge is -2.26. The van der Waals surface area contributed by atoms with Crippen molar-refractivity contribution in [2.45, 2.75) is 18.2 Å². The third-order valence-corrected chi connectivity index (χ3v) is 7.46. The van der Waals surface area contributed by atoms with Crippen LogP contribution in [0.3, 0.4) is 0 Å². The smallest absolute Gasteiger partial charge is 0.264 e. The molecular weight excluding hydrogens is 496 g/mol. The van der Waals surface area contributed by atoms with Gasteiger partial charge in [0, 0.05) is 5.02 Å². The first-order valence-electron chi connectivity index (χ1n) is 11.4. The molecule has 1 amide bonds. The molecule has 4 aromatic carbocycles. The number of rotatable bonds is 9. The average Bonchev–Trinajstić information content (AvgIpc) is 2.90. The van der Waals surface area contributed by atoms with E-state index < -0.39 is 22.5 Å². The number of anilines is 2. The normalized spacial score (nSPS) is 11.1. The largest absolute Gasteiger partial charge is 0.455 e. The Morgan fingerprint density at radius 1 is 0.889 bits per heavy atom. The van der Waals surface area contributed by atoms with Crippen LogP contribution < -0.4 is 14.4 Å². The lowest BCUT2D eigenvalue weighted by atomic mass is 10.1. The predicted octanol–water partition coefficient (Wildman–Crippen LogP) is 6.53. The highest BCUT2D eigenvalue weighted by molar-refractivity contribution is 7.92. The minimum atomic E-state index is -4.03. The second-order valence-electron chi connectivity index (χ2n) is 7.91. The molecule has 0 saturated carbocycles. The SMILES string of the molecule is CCc1ccccc1N(CC(=O)Nc1cc(Cl)ccc1Oc1ccccc1)S(=O)(=O)c1ccccc1. The second kappa shape index (κ2) is 11.3. The summed E-state index contributed by atoms with van der Waals surface area (Å²) in [5.41, 5.74) is 1.59. The molecule has 6 nitrogen and oxygen atoms in total. The molecule has 4 aromatic rings. The van der Waals surface area contributed by atoms with E-state index in [9.17, 15) is 13.2 Å². The molecular formula is C28H25ClN2O4S. The average molecular weight is 521 g/mol.